The second-order valence-electron chi connectivity index (χ2n) is 4.17. The molecule has 0 bridgehead atoms. The standard InChI is InChI=1S/C14H22N2O/c15-10-12-16-11-4-7-14(17)9-8-13-5-2-1-3-6-13/h1-3,5-6,16H,4,7-12,15H2. The summed E-state index contributed by atoms with van der Waals surface area (Å²) in [5.41, 5.74) is 6.59. The van der Waals surface area contributed by atoms with Gasteiger partial charge < -0.3 is 11.1 Å². The van der Waals surface area contributed by atoms with Crippen LogP contribution in [0.5, 0.6) is 0 Å². The van der Waals surface area contributed by atoms with Crippen molar-refractivity contribution >= 4 is 5.78 Å². The molecule has 3 N–H and O–H groups in total. The second-order valence-corrected chi connectivity index (χ2v) is 4.17. The Bertz CT molecular complexity index is 311. The lowest BCUT2D eigenvalue weighted by molar-refractivity contribution is -0.119. The number of nitrogens with one attached hydrogen (secondary N) is 1. The van der Waals surface area contributed by atoms with Crippen molar-refractivity contribution in [2.24, 2.45) is 5.73 Å². The Morgan fingerprint density at radius 3 is 2.59 bits per heavy atom. The molecular weight excluding hydrogens is 212 g/mol. The molecule has 0 amide bonds. The predicted molar refractivity (Wildman–Crippen MR) is 70.9 cm³/mol. The van der Waals surface area contributed by atoms with Gasteiger partial charge in [-0.25, -0.2) is 0 Å². The number of carbonyl (C=O) groups excluding carboxylic acids is 1. The highest BCUT2D eigenvalue weighted by atomic mass is 16.1. The molecule has 3 nitrogen and oxygen atoms in total. The normalized spacial score (nSPS) is 10.4. The van der Waals surface area contributed by atoms with Crippen LogP contribution in [-0.2, 0) is 11.2 Å². The molecule has 0 aliphatic rings. The summed E-state index contributed by atoms with van der Waals surface area (Å²) >= 11 is 0. The van der Waals surface area contributed by atoms with Crippen LogP contribution in [0.2, 0.25) is 0 Å². The maximum Gasteiger partial charge on any atom is 0.133 e. The highest BCUT2D eigenvalue weighted by Gasteiger charge is 2.02. The summed E-state index contributed by atoms with van der Waals surface area (Å²) in [7, 11) is 0. The van der Waals surface area contributed by atoms with Crippen LogP contribution in [0.3, 0.4) is 0 Å². The molecule has 0 atom stereocenters. The molecule has 17 heavy (non-hydrogen) atoms. The van der Waals surface area contributed by atoms with E-state index in [2.05, 4.69) is 17.4 Å². The van der Waals surface area contributed by atoms with E-state index in [0.29, 0.717) is 25.2 Å². The Hall–Kier alpha value is -1.19. The van der Waals surface area contributed by atoms with Crippen LogP contribution in [0.25, 0.3) is 0 Å². The molecule has 1 aromatic rings. The van der Waals surface area contributed by atoms with Gasteiger partial charge in [0.25, 0.3) is 0 Å². The fourth-order valence-corrected chi connectivity index (χ4v) is 1.69. The van der Waals surface area contributed by atoms with E-state index in [-0.39, 0.29) is 0 Å². The van der Waals surface area contributed by atoms with Gasteiger partial charge in [0.1, 0.15) is 5.78 Å². The highest BCUT2D eigenvalue weighted by molar-refractivity contribution is 5.78. The van der Waals surface area contributed by atoms with Gasteiger partial charge in [-0.3, -0.25) is 4.79 Å². The van der Waals surface area contributed by atoms with E-state index >= 15 is 0 Å². The number of aryl methyl sites for hydroxylation is 1. The average Bonchev–Trinajstić information content (AvgIpc) is 2.37. The molecule has 1 rings (SSSR count). The van der Waals surface area contributed by atoms with E-state index in [1.807, 2.05) is 18.2 Å². The maximum absolute atomic E-state index is 11.6. The van der Waals surface area contributed by atoms with Gasteiger partial charge in [0.15, 0.2) is 0 Å². The summed E-state index contributed by atoms with van der Waals surface area (Å²) in [4.78, 5) is 11.6. The second kappa shape index (κ2) is 8.90. The quantitative estimate of drug-likeness (QED) is 0.637. The zero-order valence-electron chi connectivity index (χ0n) is 10.3. The molecule has 0 aliphatic heterocycles. The van der Waals surface area contributed by atoms with Crippen molar-refractivity contribution in [1.82, 2.24) is 5.32 Å². The minimum atomic E-state index is 0.350. The Morgan fingerprint density at radius 2 is 1.88 bits per heavy atom. The Balaban J connectivity index is 2.05. The molecular formula is C14H22N2O. The number of benzene rings is 1. The smallest absolute Gasteiger partial charge is 0.133 e. The summed E-state index contributed by atoms with van der Waals surface area (Å²) in [6, 6.07) is 10.1. The Kier molecular flexibility index (Phi) is 7.27. The van der Waals surface area contributed by atoms with Crippen molar-refractivity contribution in [3.8, 4) is 0 Å². The summed E-state index contributed by atoms with van der Waals surface area (Å²) in [6.07, 6.45) is 3.09. The monoisotopic (exact) mass is 234 g/mol. The van der Waals surface area contributed by atoms with Crippen LogP contribution >= 0.6 is 0 Å². The van der Waals surface area contributed by atoms with Gasteiger partial charge in [0.2, 0.25) is 0 Å². The van der Waals surface area contributed by atoms with Crippen LogP contribution < -0.4 is 11.1 Å². The fourth-order valence-electron chi connectivity index (χ4n) is 1.69. The SMILES string of the molecule is NCCNCCCC(=O)CCc1ccccc1. The largest absolute Gasteiger partial charge is 0.329 e. The Morgan fingerprint density at radius 1 is 1.12 bits per heavy atom. The van der Waals surface area contributed by atoms with E-state index in [0.717, 1.165) is 25.9 Å². The molecule has 0 fully saturated rings. The molecule has 0 radical (unpaired) electrons. The summed E-state index contributed by atoms with van der Waals surface area (Å²) in [5, 5.41) is 3.19. The number of carbonyl (C=O) groups is 1. The van der Waals surface area contributed by atoms with E-state index < -0.39 is 0 Å². The van der Waals surface area contributed by atoms with Crippen molar-refractivity contribution in [2.75, 3.05) is 19.6 Å². The minimum Gasteiger partial charge on any atom is -0.329 e. The third kappa shape index (κ3) is 6.87. The van der Waals surface area contributed by atoms with E-state index in [9.17, 15) is 4.79 Å². The molecule has 0 spiro atoms. The van der Waals surface area contributed by atoms with E-state index in [1.54, 1.807) is 0 Å². The topological polar surface area (TPSA) is 55.1 Å². The molecule has 0 saturated heterocycles. The zero-order valence-corrected chi connectivity index (χ0v) is 10.3. The van der Waals surface area contributed by atoms with Crippen LogP contribution in [-0.4, -0.2) is 25.4 Å². The van der Waals surface area contributed by atoms with Crippen molar-refractivity contribution in [2.45, 2.75) is 25.7 Å². The number of rotatable bonds is 9. The molecule has 3 heteroatoms. The first kappa shape index (κ1) is 13.9. The lowest BCUT2D eigenvalue weighted by Gasteiger charge is -2.03. The molecule has 94 valence electrons. The van der Waals surface area contributed by atoms with Crippen LogP contribution in [0.4, 0.5) is 0 Å². The first-order valence-electron chi connectivity index (χ1n) is 6.29. The van der Waals surface area contributed by atoms with Gasteiger partial charge in [0.05, 0.1) is 0 Å². The van der Waals surface area contributed by atoms with E-state index in [1.165, 1.54) is 5.56 Å². The Labute approximate surface area is 103 Å². The third-order valence-corrected chi connectivity index (χ3v) is 2.67. The predicted octanol–water partition coefficient (Wildman–Crippen LogP) is 1.52. The molecule has 1 aromatic carbocycles. The first-order valence-corrected chi connectivity index (χ1v) is 6.29. The zero-order chi connectivity index (χ0) is 12.3. The van der Waals surface area contributed by atoms with Gasteiger partial charge in [0, 0.05) is 25.9 Å². The van der Waals surface area contributed by atoms with Gasteiger partial charge in [-0.2, -0.15) is 0 Å². The minimum absolute atomic E-state index is 0.350. The lowest BCUT2D eigenvalue weighted by atomic mass is 10.1. The van der Waals surface area contributed by atoms with E-state index in [4.69, 9.17) is 5.73 Å². The summed E-state index contributed by atoms with van der Waals surface area (Å²) < 4.78 is 0. The van der Waals surface area contributed by atoms with Gasteiger partial charge >= 0.3 is 0 Å². The van der Waals surface area contributed by atoms with Crippen molar-refractivity contribution in [3.05, 3.63) is 35.9 Å². The van der Waals surface area contributed by atoms with Crippen LogP contribution in [0.15, 0.2) is 30.3 Å². The lowest BCUT2D eigenvalue weighted by Crippen LogP contribution is -2.23. The van der Waals surface area contributed by atoms with Gasteiger partial charge in [-0.1, -0.05) is 30.3 Å². The molecule has 0 heterocycles. The number of hydrogen-bond acceptors (Lipinski definition) is 3. The van der Waals surface area contributed by atoms with Crippen LogP contribution in [0, 0.1) is 0 Å². The van der Waals surface area contributed by atoms with Crippen molar-refractivity contribution < 1.29 is 4.79 Å². The number of nitrogens with two attached hydrogens (primary N) is 1. The van der Waals surface area contributed by atoms with Crippen molar-refractivity contribution in [3.63, 3.8) is 0 Å². The third-order valence-electron chi connectivity index (χ3n) is 2.67. The number of Topliss-reactive ketones (excluding diaryl/α,β-unsaturated/α-hetero) is 1. The highest BCUT2D eigenvalue weighted by Crippen LogP contribution is 2.04. The number of hydrogen-bond donors (Lipinski definition) is 2. The molecule has 0 saturated carbocycles. The first-order chi connectivity index (χ1) is 8.33. The van der Waals surface area contributed by atoms with Crippen molar-refractivity contribution in [1.29, 1.82) is 0 Å². The van der Waals surface area contributed by atoms with Gasteiger partial charge in [-0.15, -0.1) is 0 Å². The average molecular weight is 234 g/mol. The maximum atomic E-state index is 11.6. The summed E-state index contributed by atoms with van der Waals surface area (Å²) in [5.74, 6) is 0.350. The van der Waals surface area contributed by atoms with Gasteiger partial charge in [-0.05, 0) is 24.9 Å². The summed E-state index contributed by atoms with van der Waals surface area (Å²) in [6.45, 7) is 2.37. The number of ketones is 1. The molecule has 0 aromatic heterocycles. The molecule has 0 unspecified atom stereocenters. The fraction of sp³-hybridized carbons (Fsp3) is 0.500. The van der Waals surface area contributed by atoms with Crippen LogP contribution in [0.1, 0.15) is 24.8 Å². The molecule has 0 aliphatic carbocycles.